The van der Waals surface area contributed by atoms with Gasteiger partial charge in [-0.25, -0.2) is 4.98 Å². The number of carbonyl (C=O) groups excluding carboxylic acids is 2. The number of hydrogen-bond acceptors (Lipinski definition) is 4. The summed E-state index contributed by atoms with van der Waals surface area (Å²) in [4.78, 5) is 28.0. The van der Waals surface area contributed by atoms with E-state index in [9.17, 15) is 9.59 Å². The number of aromatic nitrogens is 4. The van der Waals surface area contributed by atoms with Crippen LogP contribution in [-0.4, -0.2) is 37.7 Å². The molecule has 2 heterocycles. The van der Waals surface area contributed by atoms with Gasteiger partial charge in [0.05, 0.1) is 23.4 Å². The lowest BCUT2D eigenvalue weighted by molar-refractivity contribution is -0.136. The van der Waals surface area contributed by atoms with Gasteiger partial charge in [-0.1, -0.05) is 13.8 Å². The second-order valence-corrected chi connectivity index (χ2v) is 6.49. The molecule has 0 aliphatic carbocycles. The maximum atomic E-state index is 12.1. The van der Waals surface area contributed by atoms with E-state index in [1.54, 1.807) is 12.5 Å². The summed E-state index contributed by atoms with van der Waals surface area (Å²) in [6, 6.07) is 0. The van der Waals surface area contributed by atoms with Gasteiger partial charge < -0.3 is 15.2 Å². The van der Waals surface area contributed by atoms with E-state index in [4.69, 9.17) is 0 Å². The fraction of sp³-hybridized carbons (Fsp3) is 0.529. The first kappa shape index (κ1) is 18.7. The lowest BCUT2D eigenvalue weighted by Crippen LogP contribution is -2.36. The van der Waals surface area contributed by atoms with Crippen LogP contribution < -0.4 is 10.6 Å². The highest BCUT2D eigenvalue weighted by molar-refractivity contribution is 6.39. The minimum Gasteiger partial charge on any atom is -0.348 e. The third-order valence-corrected chi connectivity index (χ3v) is 3.80. The summed E-state index contributed by atoms with van der Waals surface area (Å²) in [5, 5.41) is 9.74. The van der Waals surface area contributed by atoms with Gasteiger partial charge in [-0.15, -0.1) is 0 Å². The van der Waals surface area contributed by atoms with Crippen LogP contribution in [0.4, 0.5) is 5.69 Å². The largest absolute Gasteiger partial charge is 0.348 e. The molecule has 25 heavy (non-hydrogen) atoms. The molecule has 0 saturated heterocycles. The molecule has 2 aromatic heterocycles. The van der Waals surface area contributed by atoms with Gasteiger partial charge in [0.15, 0.2) is 0 Å². The van der Waals surface area contributed by atoms with Crippen molar-refractivity contribution < 1.29 is 9.59 Å². The van der Waals surface area contributed by atoms with Gasteiger partial charge in [0, 0.05) is 32.0 Å². The van der Waals surface area contributed by atoms with Crippen molar-refractivity contribution in [3.8, 4) is 0 Å². The zero-order valence-electron chi connectivity index (χ0n) is 15.2. The molecular weight excluding hydrogens is 320 g/mol. The van der Waals surface area contributed by atoms with Gasteiger partial charge in [0.2, 0.25) is 0 Å². The fourth-order valence-electron chi connectivity index (χ4n) is 2.53. The summed E-state index contributed by atoms with van der Waals surface area (Å²) < 4.78 is 3.78. The number of hydrogen-bond donors (Lipinski definition) is 2. The van der Waals surface area contributed by atoms with Gasteiger partial charge in [-0.3, -0.25) is 14.3 Å². The van der Waals surface area contributed by atoms with Crippen LogP contribution >= 0.6 is 0 Å². The Morgan fingerprint density at radius 1 is 1.24 bits per heavy atom. The molecular formula is C17H26N6O2. The minimum atomic E-state index is -0.669. The van der Waals surface area contributed by atoms with Crippen LogP contribution in [0.2, 0.25) is 0 Å². The summed E-state index contributed by atoms with van der Waals surface area (Å²) in [5.74, 6) is -0.862. The first-order valence-electron chi connectivity index (χ1n) is 8.47. The number of amides is 2. The molecule has 8 nitrogen and oxygen atoms in total. The van der Waals surface area contributed by atoms with Crippen LogP contribution in [0.1, 0.15) is 31.7 Å². The Bertz CT molecular complexity index is 718. The van der Waals surface area contributed by atoms with Gasteiger partial charge in [0.1, 0.15) is 0 Å². The Kier molecular flexibility index (Phi) is 6.32. The summed E-state index contributed by atoms with van der Waals surface area (Å²) >= 11 is 0. The third-order valence-electron chi connectivity index (χ3n) is 3.80. The molecule has 2 aromatic rings. The highest BCUT2D eigenvalue weighted by Crippen LogP contribution is 2.20. The second-order valence-electron chi connectivity index (χ2n) is 6.49. The molecule has 0 fully saturated rings. The van der Waals surface area contributed by atoms with Crippen molar-refractivity contribution in [2.45, 2.75) is 47.2 Å². The van der Waals surface area contributed by atoms with Gasteiger partial charge in [0.25, 0.3) is 0 Å². The first-order chi connectivity index (χ1) is 11.9. The molecule has 2 rings (SSSR count). The van der Waals surface area contributed by atoms with E-state index in [2.05, 4.69) is 34.6 Å². The van der Waals surface area contributed by atoms with E-state index < -0.39 is 11.8 Å². The standard InChI is InChI=1S/C17H26N6O2/c1-12(2)10-23-14(4)15(13(3)21-23)20-17(25)16(24)19-6-5-8-22-9-7-18-11-22/h7,9,11-12H,5-6,8,10H2,1-4H3,(H,19,24)(H,20,25). The Morgan fingerprint density at radius 2 is 2.00 bits per heavy atom. The monoisotopic (exact) mass is 346 g/mol. The maximum Gasteiger partial charge on any atom is 0.313 e. The van der Waals surface area contributed by atoms with E-state index in [-0.39, 0.29) is 0 Å². The minimum absolute atomic E-state index is 0.426. The van der Waals surface area contributed by atoms with Crippen LogP contribution in [0.3, 0.4) is 0 Å². The number of nitrogens with zero attached hydrogens (tertiary/aromatic N) is 4. The summed E-state index contributed by atoms with van der Waals surface area (Å²) in [6.45, 7) is 9.85. The molecule has 0 saturated carbocycles. The molecule has 0 radical (unpaired) electrons. The topological polar surface area (TPSA) is 93.8 Å². The van der Waals surface area contributed by atoms with Crippen molar-refractivity contribution >= 4 is 17.5 Å². The highest BCUT2D eigenvalue weighted by atomic mass is 16.2. The number of anilines is 1. The van der Waals surface area contributed by atoms with Crippen LogP contribution in [0, 0.1) is 19.8 Å². The quantitative estimate of drug-likeness (QED) is 0.587. The summed E-state index contributed by atoms with van der Waals surface area (Å²) in [7, 11) is 0. The number of carbonyl (C=O) groups is 2. The molecule has 0 aromatic carbocycles. The highest BCUT2D eigenvalue weighted by Gasteiger charge is 2.19. The van der Waals surface area contributed by atoms with Gasteiger partial charge in [-0.2, -0.15) is 5.10 Å². The molecule has 8 heteroatoms. The molecule has 0 atom stereocenters. The SMILES string of the molecule is Cc1nn(CC(C)C)c(C)c1NC(=O)C(=O)NCCCn1ccnc1. The van der Waals surface area contributed by atoms with E-state index in [0.29, 0.717) is 23.8 Å². The van der Waals surface area contributed by atoms with Crippen molar-refractivity contribution in [3.63, 3.8) is 0 Å². The Morgan fingerprint density at radius 3 is 2.64 bits per heavy atom. The summed E-state index contributed by atoms with van der Waals surface area (Å²) in [5.41, 5.74) is 2.17. The average molecular weight is 346 g/mol. The first-order valence-corrected chi connectivity index (χ1v) is 8.47. The molecule has 0 unspecified atom stereocenters. The van der Waals surface area contributed by atoms with Crippen LogP contribution in [0.25, 0.3) is 0 Å². The number of nitrogens with one attached hydrogen (secondary N) is 2. The molecule has 0 spiro atoms. The molecule has 136 valence electrons. The van der Waals surface area contributed by atoms with Gasteiger partial charge >= 0.3 is 11.8 Å². The number of imidazole rings is 1. The molecule has 2 N–H and O–H groups in total. The van der Waals surface area contributed by atoms with Crippen molar-refractivity contribution in [3.05, 3.63) is 30.1 Å². The fourth-order valence-corrected chi connectivity index (χ4v) is 2.53. The average Bonchev–Trinajstić information content (AvgIpc) is 3.15. The number of rotatable bonds is 7. The molecule has 2 amide bonds. The Labute approximate surface area is 147 Å². The predicted molar refractivity (Wildman–Crippen MR) is 95.0 cm³/mol. The van der Waals surface area contributed by atoms with E-state index in [1.807, 2.05) is 29.3 Å². The second kappa shape index (κ2) is 8.46. The number of aryl methyl sites for hydroxylation is 2. The zero-order valence-corrected chi connectivity index (χ0v) is 15.2. The van der Waals surface area contributed by atoms with Crippen LogP contribution in [-0.2, 0) is 22.7 Å². The van der Waals surface area contributed by atoms with Crippen molar-refractivity contribution in [1.29, 1.82) is 0 Å². The lowest BCUT2D eigenvalue weighted by atomic mass is 10.2. The van der Waals surface area contributed by atoms with Crippen LogP contribution in [0.15, 0.2) is 18.7 Å². The van der Waals surface area contributed by atoms with Crippen molar-refractivity contribution in [2.75, 3.05) is 11.9 Å². The molecule has 0 bridgehead atoms. The predicted octanol–water partition coefficient (Wildman–Crippen LogP) is 1.50. The van der Waals surface area contributed by atoms with E-state index in [1.165, 1.54) is 0 Å². The lowest BCUT2D eigenvalue weighted by Gasteiger charge is -2.09. The third kappa shape index (κ3) is 5.17. The van der Waals surface area contributed by atoms with E-state index in [0.717, 1.165) is 25.2 Å². The Balaban J connectivity index is 1.84. The van der Waals surface area contributed by atoms with Crippen LogP contribution in [0.5, 0.6) is 0 Å². The summed E-state index contributed by atoms with van der Waals surface area (Å²) in [6.07, 6.45) is 6.00. The smallest absolute Gasteiger partial charge is 0.313 e. The Hall–Kier alpha value is -2.64. The zero-order chi connectivity index (χ0) is 18.4. The normalized spacial score (nSPS) is 10.9. The van der Waals surface area contributed by atoms with Gasteiger partial charge in [-0.05, 0) is 26.2 Å². The van der Waals surface area contributed by atoms with E-state index >= 15 is 0 Å². The van der Waals surface area contributed by atoms with Crippen molar-refractivity contribution in [1.82, 2.24) is 24.6 Å². The maximum absolute atomic E-state index is 12.1. The molecule has 0 aliphatic rings. The molecule has 0 aliphatic heterocycles. The van der Waals surface area contributed by atoms with Crippen molar-refractivity contribution in [2.24, 2.45) is 5.92 Å².